The third-order valence-electron chi connectivity index (χ3n) is 17.8. The lowest BCUT2D eigenvalue weighted by molar-refractivity contribution is -0.318. The highest BCUT2D eigenvalue weighted by Crippen LogP contribution is 2.42. The van der Waals surface area contributed by atoms with Crippen LogP contribution >= 0.6 is 0 Å². The predicted octanol–water partition coefficient (Wildman–Crippen LogP) is 5.06. The van der Waals surface area contributed by atoms with Crippen molar-refractivity contribution in [2.75, 3.05) is 99.2 Å². The number of aliphatic hydroxyl groups is 3. The molecule has 1 aliphatic carbocycles. The van der Waals surface area contributed by atoms with Gasteiger partial charge in [-0.3, -0.25) is 14.4 Å². The first kappa shape index (κ1) is 69.0. The lowest BCUT2D eigenvalue weighted by atomic mass is 9.77. The molecule has 4 fully saturated rings. The van der Waals surface area contributed by atoms with Crippen molar-refractivity contribution in [1.29, 1.82) is 0 Å². The van der Waals surface area contributed by atoms with Crippen LogP contribution in [-0.2, 0) is 57.0 Å². The number of carbonyl (C=O) groups is 3. The van der Waals surface area contributed by atoms with E-state index >= 15 is 0 Å². The first-order chi connectivity index (χ1) is 39.4. The van der Waals surface area contributed by atoms with E-state index in [0.29, 0.717) is 42.7 Å². The van der Waals surface area contributed by atoms with Crippen LogP contribution < -0.4 is 15.6 Å². The number of hydrogen-bond donors (Lipinski definition) is 5. The second-order valence-corrected chi connectivity index (χ2v) is 25.3. The van der Waals surface area contributed by atoms with Crippen LogP contribution in [0.3, 0.4) is 0 Å². The van der Waals surface area contributed by atoms with Crippen molar-refractivity contribution < 1.29 is 82.2 Å². The van der Waals surface area contributed by atoms with E-state index in [2.05, 4.69) is 10.2 Å². The van der Waals surface area contributed by atoms with Crippen LogP contribution in [0.4, 0.5) is 11.4 Å². The van der Waals surface area contributed by atoms with Gasteiger partial charge >= 0.3 is 17.9 Å². The number of pyridine rings is 1. The zero-order chi connectivity index (χ0) is 62.3. The maximum Gasteiger partial charge on any atom is 0.341 e. The molecular weight excluding hydrogens is 1090 g/mol. The number of anilines is 2. The molecule has 1 saturated carbocycles. The molecule has 0 amide bonds. The summed E-state index contributed by atoms with van der Waals surface area (Å²) in [5, 5.41) is 50.4. The number of methoxy groups -OCH3 is 2. The third-order valence-corrected chi connectivity index (χ3v) is 17.8. The standard InChI is InChI=1S/C61H101N5O18/c1-18-47-61(10,74)54(75-16)38(6)65(15)32-34(2)30-59(8,73)53(84-58-51(69)46(64(13)14)27-35(3)79-58)36(4)52(37(5)57(72)81-47)83-49-31-60(9,76-17)55(39(7)80-49)82-48(67)21-23-77-25-26-78-24-22-62-43-28-41-44(29-45(43)63(11)12)66(40-19-20-40)33-42(50(41)68)56(70)71/h28-29,33-40,46-47,49,51-55,58,62,69,73-74H,18-27,30-32H2,1-17H3,(H,70,71)/t34-,35-,36+,37-,38-,39+,46+,47-,49+,51-,52+,53-,54-,55+,58+,59-,60-,61-/m1/s1. The summed E-state index contributed by atoms with van der Waals surface area (Å²) in [5.41, 5.74) is -3.02. The lowest BCUT2D eigenvalue weighted by Crippen LogP contribution is -2.61. The van der Waals surface area contributed by atoms with Gasteiger partial charge in [0.05, 0.1) is 85.7 Å². The molecule has 23 nitrogen and oxygen atoms in total. The number of aliphatic hydroxyl groups excluding tert-OH is 1. The lowest BCUT2D eigenvalue weighted by Gasteiger charge is -2.49. The average molecular weight is 1190 g/mol. The number of likely N-dealkylation sites (N-methyl/N-ethyl adjacent to an activating group) is 2. The molecule has 0 unspecified atom stereocenters. The molecule has 4 heterocycles. The normalized spacial score (nSPS) is 36.0. The molecule has 4 aliphatic rings. The largest absolute Gasteiger partial charge is 0.477 e. The minimum Gasteiger partial charge on any atom is -0.477 e. The van der Waals surface area contributed by atoms with Crippen molar-refractivity contribution >= 4 is 40.2 Å². The molecule has 6 rings (SSSR count). The molecule has 5 N–H and O–H groups in total. The highest BCUT2D eigenvalue weighted by Gasteiger charge is 2.54. The van der Waals surface area contributed by atoms with Crippen LogP contribution in [0.15, 0.2) is 23.1 Å². The Balaban J connectivity index is 1.12. The van der Waals surface area contributed by atoms with Gasteiger partial charge in [0.25, 0.3) is 0 Å². The van der Waals surface area contributed by atoms with E-state index in [1.807, 2.05) is 90.3 Å². The number of aromatic nitrogens is 1. The molecule has 18 atom stereocenters. The number of benzene rings is 1. The van der Waals surface area contributed by atoms with E-state index < -0.39 is 107 Å². The Kier molecular flexibility index (Phi) is 24.1. The summed E-state index contributed by atoms with van der Waals surface area (Å²) in [6, 6.07) is 3.10. The number of cyclic esters (lactones) is 1. The number of nitrogens with one attached hydrogen (secondary N) is 1. The average Bonchev–Trinajstić information content (AvgIpc) is 1.97. The number of hydrogen-bond acceptors (Lipinski definition) is 21. The van der Waals surface area contributed by atoms with Crippen molar-refractivity contribution in [2.24, 2.45) is 17.8 Å². The first-order valence-electron chi connectivity index (χ1n) is 30.0. The fraction of sp³-hybridized carbons (Fsp3) is 0.803. The Morgan fingerprint density at radius 1 is 0.881 bits per heavy atom. The maximum atomic E-state index is 14.7. The van der Waals surface area contributed by atoms with Gasteiger partial charge in [-0.1, -0.05) is 20.8 Å². The van der Waals surface area contributed by atoms with Crippen molar-refractivity contribution in [1.82, 2.24) is 14.4 Å². The Labute approximate surface area is 496 Å². The molecule has 3 saturated heterocycles. The van der Waals surface area contributed by atoms with Gasteiger partial charge in [0.1, 0.15) is 35.1 Å². The molecule has 1 aromatic carbocycles. The van der Waals surface area contributed by atoms with Crippen LogP contribution in [0.25, 0.3) is 10.9 Å². The van der Waals surface area contributed by atoms with Gasteiger partial charge in [0.15, 0.2) is 18.7 Å². The minimum atomic E-state index is -1.64. The van der Waals surface area contributed by atoms with Crippen molar-refractivity contribution in [3.63, 3.8) is 0 Å². The van der Waals surface area contributed by atoms with Crippen LogP contribution in [-0.4, -0.2) is 232 Å². The number of ether oxygens (including phenoxy) is 10. The molecule has 84 heavy (non-hydrogen) atoms. The smallest absolute Gasteiger partial charge is 0.341 e. The van der Waals surface area contributed by atoms with Crippen molar-refractivity contribution in [3.05, 3.63) is 34.1 Å². The second-order valence-electron chi connectivity index (χ2n) is 25.3. The summed E-state index contributed by atoms with van der Waals surface area (Å²) in [6.07, 6.45) is -5.02. The van der Waals surface area contributed by atoms with Crippen LogP contribution in [0.5, 0.6) is 0 Å². The molecule has 478 valence electrons. The van der Waals surface area contributed by atoms with E-state index in [9.17, 15) is 39.6 Å². The van der Waals surface area contributed by atoms with Crippen molar-refractivity contribution in [2.45, 2.75) is 211 Å². The zero-order valence-electron chi connectivity index (χ0n) is 53.0. The molecule has 23 heteroatoms. The van der Waals surface area contributed by atoms with E-state index in [1.165, 1.54) is 20.4 Å². The summed E-state index contributed by atoms with van der Waals surface area (Å²) >= 11 is 0. The second kappa shape index (κ2) is 29.3. The summed E-state index contributed by atoms with van der Waals surface area (Å²) < 4.78 is 64.6. The number of nitrogens with zero attached hydrogens (tertiary/aromatic N) is 4. The van der Waals surface area contributed by atoms with Gasteiger partial charge in [-0.2, -0.15) is 0 Å². The summed E-state index contributed by atoms with van der Waals surface area (Å²) in [5.74, 6) is -4.53. The van der Waals surface area contributed by atoms with E-state index in [1.54, 1.807) is 40.7 Å². The molecule has 0 radical (unpaired) electrons. The summed E-state index contributed by atoms with van der Waals surface area (Å²) in [6.45, 7) is 19.7. The molecule has 0 bridgehead atoms. The molecule has 3 aliphatic heterocycles. The number of fused-ring (bicyclic) bond motifs is 1. The van der Waals surface area contributed by atoms with Gasteiger partial charge in [0.2, 0.25) is 5.43 Å². The predicted molar refractivity (Wildman–Crippen MR) is 315 cm³/mol. The number of rotatable bonds is 22. The summed E-state index contributed by atoms with van der Waals surface area (Å²) in [4.78, 5) is 59.4. The van der Waals surface area contributed by atoms with Crippen LogP contribution in [0.2, 0.25) is 0 Å². The topological polar surface area (TPSA) is 268 Å². The number of carbonyl (C=O) groups excluding carboxylic acids is 2. The molecule has 2 aromatic rings. The van der Waals surface area contributed by atoms with Gasteiger partial charge in [0, 0.05) is 83.5 Å². The molecule has 1 aromatic heterocycles. The van der Waals surface area contributed by atoms with Crippen molar-refractivity contribution in [3.8, 4) is 0 Å². The SMILES string of the molecule is CC[C@H]1OC(=O)[C@H](C)[C@@H](O[C@H]2C[C@@](C)(OC)[C@@H](OC(=O)CCOCCOCCNc3cc4c(=O)c(C(=O)O)cn(C5CC5)c4cc3N(C)C)[C@H](C)O2)[C@H](C)[C@@H](O[C@@H]2O[C@H](C)C[C@H](N(C)C)[C@H]2O)[C@](C)(O)C[C@@H](C)CN(C)[C@H](C)[C@@H](OC)[C@]1(C)O. The zero-order valence-corrected chi connectivity index (χ0v) is 53.0. The fourth-order valence-electron chi connectivity index (χ4n) is 13.0. The summed E-state index contributed by atoms with van der Waals surface area (Å²) in [7, 11) is 12.5. The number of carboxylic acids is 1. The van der Waals surface area contributed by atoms with Gasteiger partial charge < -0.3 is 92.4 Å². The number of aromatic carboxylic acids is 1. The first-order valence-corrected chi connectivity index (χ1v) is 30.0. The maximum absolute atomic E-state index is 14.7. The van der Waals surface area contributed by atoms with Gasteiger partial charge in [-0.15, -0.1) is 0 Å². The monoisotopic (exact) mass is 1190 g/mol. The van der Waals surface area contributed by atoms with Gasteiger partial charge in [-0.05, 0) is 120 Å². The minimum absolute atomic E-state index is 0.0417. The number of esters is 2. The number of carboxylic acid groups (broad SMARTS) is 1. The third kappa shape index (κ3) is 16.4. The van der Waals surface area contributed by atoms with E-state index in [-0.39, 0.29) is 81.2 Å². The Morgan fingerprint density at radius 3 is 2.14 bits per heavy atom. The highest BCUT2D eigenvalue weighted by molar-refractivity contribution is 5.96. The Hall–Kier alpha value is -4.08. The molecular formula is C61H101N5O18. The van der Waals surface area contributed by atoms with Crippen LogP contribution in [0.1, 0.15) is 131 Å². The van der Waals surface area contributed by atoms with Crippen LogP contribution in [0, 0.1) is 17.8 Å². The van der Waals surface area contributed by atoms with E-state index in [4.69, 9.17) is 47.4 Å². The molecule has 0 spiro atoms. The van der Waals surface area contributed by atoms with Gasteiger partial charge in [-0.25, -0.2) is 4.79 Å². The Bertz CT molecular complexity index is 2560. The fourth-order valence-corrected chi connectivity index (χ4v) is 13.0. The quantitative estimate of drug-likeness (QED) is 0.0762. The van der Waals surface area contributed by atoms with E-state index in [0.717, 1.165) is 18.5 Å². The highest BCUT2D eigenvalue weighted by atomic mass is 16.7. The Morgan fingerprint density at radius 2 is 1.55 bits per heavy atom.